The van der Waals surface area contributed by atoms with Gasteiger partial charge >= 0.3 is 0 Å². The van der Waals surface area contributed by atoms with Crippen LogP contribution in [0.2, 0.25) is 0 Å². The molecule has 0 aromatic carbocycles. The predicted molar refractivity (Wildman–Crippen MR) is 67.6 cm³/mol. The molecule has 7 nitrogen and oxygen atoms in total. The van der Waals surface area contributed by atoms with Crippen molar-refractivity contribution < 1.29 is 13.2 Å². The minimum absolute atomic E-state index is 0.0608. The number of likely N-dealkylation sites (N-methyl/N-ethyl adjacent to an activating group) is 1. The quantitative estimate of drug-likeness (QED) is 0.646. The third-order valence-corrected chi connectivity index (χ3v) is 4.20. The number of sulfonamides is 1. The molecule has 0 aliphatic rings. The van der Waals surface area contributed by atoms with E-state index in [4.69, 9.17) is 10.5 Å². The maximum atomic E-state index is 12.1. The summed E-state index contributed by atoms with van der Waals surface area (Å²) in [6.07, 6.45) is 3.03. The van der Waals surface area contributed by atoms with Crippen LogP contribution in [0, 0.1) is 0 Å². The fraction of sp³-hybridized carbons (Fsp3) is 0.700. The molecule has 104 valence electrons. The van der Waals surface area contributed by atoms with E-state index in [9.17, 15) is 8.42 Å². The lowest BCUT2D eigenvalue weighted by Crippen LogP contribution is -2.31. The standard InChI is InChI=1S/C10H20N4O3S/c1-3-14-8-10(12-9-14)18(15,16)13(2)5-7-17-6-4-11/h8-9H,3-7,11H2,1-2H3. The molecule has 0 radical (unpaired) electrons. The van der Waals surface area contributed by atoms with Gasteiger partial charge in [-0.2, -0.15) is 4.31 Å². The Labute approximate surface area is 108 Å². The lowest BCUT2D eigenvalue weighted by molar-refractivity contribution is 0.133. The first-order chi connectivity index (χ1) is 8.52. The maximum absolute atomic E-state index is 12.1. The van der Waals surface area contributed by atoms with Crippen LogP contribution in [0.5, 0.6) is 0 Å². The third-order valence-electron chi connectivity index (χ3n) is 2.46. The molecule has 0 unspecified atom stereocenters. The number of aryl methyl sites for hydroxylation is 1. The molecule has 1 heterocycles. The molecule has 8 heteroatoms. The highest BCUT2D eigenvalue weighted by Gasteiger charge is 2.22. The monoisotopic (exact) mass is 276 g/mol. The molecule has 0 aliphatic heterocycles. The Bertz CT molecular complexity index is 457. The Morgan fingerprint density at radius 1 is 1.50 bits per heavy atom. The molecule has 0 amide bonds. The van der Waals surface area contributed by atoms with Gasteiger partial charge in [-0.15, -0.1) is 0 Å². The Hall–Kier alpha value is -0.960. The summed E-state index contributed by atoms with van der Waals surface area (Å²) >= 11 is 0. The zero-order chi connectivity index (χ0) is 13.6. The second-order valence-electron chi connectivity index (χ2n) is 3.77. The number of nitrogens with zero attached hydrogens (tertiary/aromatic N) is 3. The molecule has 0 atom stereocenters. The summed E-state index contributed by atoms with van der Waals surface area (Å²) in [5, 5.41) is 0.0608. The largest absolute Gasteiger partial charge is 0.379 e. The van der Waals surface area contributed by atoms with E-state index in [2.05, 4.69) is 4.98 Å². The van der Waals surface area contributed by atoms with Gasteiger partial charge in [-0.25, -0.2) is 13.4 Å². The minimum atomic E-state index is -3.53. The van der Waals surface area contributed by atoms with E-state index in [1.165, 1.54) is 23.9 Å². The molecule has 0 fully saturated rings. The van der Waals surface area contributed by atoms with E-state index >= 15 is 0 Å². The van der Waals surface area contributed by atoms with Crippen molar-refractivity contribution >= 4 is 10.0 Å². The van der Waals surface area contributed by atoms with Crippen molar-refractivity contribution in [1.82, 2.24) is 13.9 Å². The highest BCUT2D eigenvalue weighted by atomic mass is 32.2. The number of hydrogen-bond donors (Lipinski definition) is 1. The first kappa shape index (κ1) is 15.1. The van der Waals surface area contributed by atoms with Gasteiger partial charge in [0.1, 0.15) is 0 Å². The van der Waals surface area contributed by atoms with E-state index in [-0.39, 0.29) is 11.6 Å². The van der Waals surface area contributed by atoms with E-state index in [1.54, 1.807) is 4.57 Å². The van der Waals surface area contributed by atoms with Crippen molar-refractivity contribution in [2.24, 2.45) is 5.73 Å². The predicted octanol–water partition coefficient (Wildman–Crippen LogP) is -0.501. The second-order valence-corrected chi connectivity index (χ2v) is 5.76. The molecule has 0 bridgehead atoms. The van der Waals surface area contributed by atoms with Gasteiger partial charge in [0.15, 0.2) is 5.03 Å². The summed E-state index contributed by atoms with van der Waals surface area (Å²) in [5.41, 5.74) is 5.27. The van der Waals surface area contributed by atoms with E-state index < -0.39 is 10.0 Å². The van der Waals surface area contributed by atoms with Crippen molar-refractivity contribution in [3.63, 3.8) is 0 Å². The SMILES string of the molecule is CCn1cnc(S(=O)(=O)N(C)CCOCCN)c1. The maximum Gasteiger partial charge on any atom is 0.261 e. The summed E-state index contributed by atoms with van der Waals surface area (Å²) in [7, 11) is -2.02. The van der Waals surface area contributed by atoms with Crippen LogP contribution >= 0.6 is 0 Å². The minimum Gasteiger partial charge on any atom is -0.379 e. The van der Waals surface area contributed by atoms with Crippen LogP contribution in [0.15, 0.2) is 17.6 Å². The zero-order valence-electron chi connectivity index (χ0n) is 10.7. The smallest absolute Gasteiger partial charge is 0.261 e. The average molecular weight is 276 g/mol. The average Bonchev–Trinajstić information content (AvgIpc) is 2.83. The van der Waals surface area contributed by atoms with Crippen molar-refractivity contribution in [2.75, 3.05) is 33.4 Å². The first-order valence-electron chi connectivity index (χ1n) is 5.78. The molecule has 1 aromatic heterocycles. The van der Waals surface area contributed by atoms with Crippen LogP contribution in [-0.2, 0) is 21.3 Å². The van der Waals surface area contributed by atoms with Crippen LogP contribution in [0.3, 0.4) is 0 Å². The normalized spacial score (nSPS) is 12.2. The van der Waals surface area contributed by atoms with Gasteiger partial charge in [0.05, 0.1) is 19.5 Å². The number of aromatic nitrogens is 2. The summed E-state index contributed by atoms with van der Waals surface area (Å²) in [6.45, 7) is 4.06. The molecular weight excluding hydrogens is 256 g/mol. The molecular formula is C10H20N4O3S. The van der Waals surface area contributed by atoms with Crippen LogP contribution in [0.4, 0.5) is 0 Å². The number of imidazole rings is 1. The third kappa shape index (κ3) is 3.77. The van der Waals surface area contributed by atoms with E-state index in [1.807, 2.05) is 6.92 Å². The Kier molecular flexibility index (Phi) is 5.73. The molecule has 0 spiro atoms. The lowest BCUT2D eigenvalue weighted by Gasteiger charge is -2.15. The van der Waals surface area contributed by atoms with Crippen molar-refractivity contribution in [1.29, 1.82) is 0 Å². The molecule has 2 N–H and O–H groups in total. The van der Waals surface area contributed by atoms with Gasteiger partial charge in [0.2, 0.25) is 0 Å². The van der Waals surface area contributed by atoms with Crippen LogP contribution < -0.4 is 5.73 Å². The summed E-state index contributed by atoms with van der Waals surface area (Å²) in [6, 6.07) is 0. The van der Waals surface area contributed by atoms with Crippen molar-refractivity contribution in [3.05, 3.63) is 12.5 Å². The topological polar surface area (TPSA) is 90.5 Å². The van der Waals surface area contributed by atoms with Crippen LogP contribution in [0.1, 0.15) is 6.92 Å². The molecule has 1 rings (SSSR count). The number of nitrogens with two attached hydrogens (primary N) is 1. The van der Waals surface area contributed by atoms with Crippen LogP contribution in [-0.4, -0.2) is 55.6 Å². The van der Waals surface area contributed by atoms with Gasteiger partial charge in [-0.05, 0) is 6.92 Å². The highest BCUT2D eigenvalue weighted by molar-refractivity contribution is 7.89. The number of hydrogen-bond acceptors (Lipinski definition) is 5. The van der Waals surface area contributed by atoms with Crippen molar-refractivity contribution in [2.45, 2.75) is 18.5 Å². The van der Waals surface area contributed by atoms with Crippen molar-refractivity contribution in [3.8, 4) is 0 Å². The van der Waals surface area contributed by atoms with Crippen LogP contribution in [0.25, 0.3) is 0 Å². The Balaban J connectivity index is 2.62. The van der Waals surface area contributed by atoms with Gasteiger partial charge in [-0.3, -0.25) is 0 Å². The number of rotatable bonds is 8. The Morgan fingerprint density at radius 2 is 2.22 bits per heavy atom. The lowest BCUT2D eigenvalue weighted by atomic mass is 10.6. The molecule has 1 aromatic rings. The first-order valence-corrected chi connectivity index (χ1v) is 7.22. The molecule has 0 saturated carbocycles. The number of ether oxygens (including phenoxy) is 1. The summed E-state index contributed by atoms with van der Waals surface area (Å²) in [4.78, 5) is 3.90. The molecule has 18 heavy (non-hydrogen) atoms. The fourth-order valence-corrected chi connectivity index (χ4v) is 2.39. The summed E-state index contributed by atoms with van der Waals surface area (Å²) < 4.78 is 32.3. The molecule has 0 saturated heterocycles. The zero-order valence-corrected chi connectivity index (χ0v) is 11.6. The summed E-state index contributed by atoms with van der Waals surface area (Å²) in [5.74, 6) is 0. The van der Waals surface area contributed by atoms with Gasteiger partial charge in [-0.1, -0.05) is 0 Å². The second kappa shape index (κ2) is 6.83. The van der Waals surface area contributed by atoms with Gasteiger partial charge in [0.25, 0.3) is 10.0 Å². The van der Waals surface area contributed by atoms with E-state index in [0.717, 1.165) is 0 Å². The van der Waals surface area contributed by atoms with Gasteiger partial charge in [0, 0.05) is 32.9 Å². The highest BCUT2D eigenvalue weighted by Crippen LogP contribution is 2.11. The van der Waals surface area contributed by atoms with Gasteiger partial charge < -0.3 is 15.0 Å². The fourth-order valence-electron chi connectivity index (χ4n) is 1.30. The Morgan fingerprint density at radius 3 is 2.78 bits per heavy atom. The molecule has 0 aliphatic carbocycles. The van der Waals surface area contributed by atoms with E-state index in [0.29, 0.717) is 26.3 Å².